The smallest absolute Gasteiger partial charge is 0.172 e. The van der Waals surface area contributed by atoms with Crippen molar-refractivity contribution in [3.63, 3.8) is 0 Å². The Hall–Kier alpha value is -1.97. The molecule has 0 saturated heterocycles. The number of aromatic nitrogens is 3. The molecule has 1 heterocycles. The van der Waals surface area contributed by atoms with Crippen LogP contribution in [0.3, 0.4) is 0 Å². The summed E-state index contributed by atoms with van der Waals surface area (Å²) >= 11 is 0. The van der Waals surface area contributed by atoms with Gasteiger partial charge in [-0.05, 0) is 13.0 Å². The molecule has 0 radical (unpaired) electrons. The second-order valence-electron chi connectivity index (χ2n) is 3.43. The van der Waals surface area contributed by atoms with Crippen LogP contribution in [-0.4, -0.2) is 21.3 Å². The molecule has 0 amide bonds. The van der Waals surface area contributed by atoms with Gasteiger partial charge in [-0.3, -0.25) is 4.79 Å². The summed E-state index contributed by atoms with van der Waals surface area (Å²) in [5.41, 5.74) is 3.24. The molecule has 1 aromatic heterocycles. The lowest BCUT2D eigenvalue weighted by Gasteiger charge is -2.02. The third-order valence-corrected chi connectivity index (χ3v) is 2.26. The third-order valence-electron chi connectivity index (χ3n) is 2.26. The highest BCUT2D eigenvalue weighted by molar-refractivity contribution is 5.83. The first-order chi connectivity index (χ1) is 7.22. The summed E-state index contributed by atoms with van der Waals surface area (Å²) in [4.78, 5) is 10.8. The van der Waals surface area contributed by atoms with Crippen molar-refractivity contribution in [3.05, 3.63) is 35.5 Å². The van der Waals surface area contributed by atoms with Crippen molar-refractivity contribution in [2.45, 2.75) is 6.92 Å². The van der Waals surface area contributed by atoms with Crippen molar-refractivity contribution in [3.8, 4) is 11.3 Å². The lowest BCUT2D eigenvalue weighted by Crippen LogP contribution is -1.95. The summed E-state index contributed by atoms with van der Waals surface area (Å²) in [7, 11) is 1.78. The average molecular weight is 201 g/mol. The van der Waals surface area contributed by atoms with Gasteiger partial charge in [0.1, 0.15) is 0 Å². The number of hydrogen-bond acceptors (Lipinski definition) is 3. The Morgan fingerprint density at radius 2 is 2.20 bits per heavy atom. The van der Waals surface area contributed by atoms with Crippen molar-refractivity contribution in [2.24, 2.45) is 7.05 Å². The van der Waals surface area contributed by atoms with E-state index in [9.17, 15) is 4.79 Å². The maximum atomic E-state index is 10.8. The van der Waals surface area contributed by atoms with E-state index in [1.54, 1.807) is 11.7 Å². The number of carbonyl (C=O) groups is 1. The summed E-state index contributed by atoms with van der Waals surface area (Å²) in [5, 5.41) is 7.61. The van der Waals surface area contributed by atoms with Crippen LogP contribution < -0.4 is 0 Å². The number of aryl methyl sites for hydroxylation is 2. The number of carbonyl (C=O) groups excluding carboxylic acids is 1. The molecule has 0 spiro atoms. The summed E-state index contributed by atoms with van der Waals surface area (Å²) in [6, 6.07) is 7.91. The number of aldehydes is 1. The van der Waals surface area contributed by atoms with Crippen LogP contribution in [0.15, 0.2) is 24.3 Å². The van der Waals surface area contributed by atoms with Crippen LogP contribution in [-0.2, 0) is 7.05 Å². The molecule has 0 aliphatic rings. The van der Waals surface area contributed by atoms with E-state index >= 15 is 0 Å². The third kappa shape index (κ3) is 1.66. The minimum atomic E-state index is 0.378. The van der Waals surface area contributed by atoms with Crippen LogP contribution in [0.2, 0.25) is 0 Å². The first-order valence-corrected chi connectivity index (χ1v) is 4.64. The van der Waals surface area contributed by atoms with E-state index < -0.39 is 0 Å². The fourth-order valence-electron chi connectivity index (χ4n) is 1.58. The predicted octanol–water partition coefficient (Wildman–Crippen LogP) is 1.60. The fourth-order valence-corrected chi connectivity index (χ4v) is 1.58. The van der Waals surface area contributed by atoms with E-state index in [4.69, 9.17) is 0 Å². The molecule has 2 aromatic rings. The van der Waals surface area contributed by atoms with E-state index in [-0.39, 0.29) is 0 Å². The molecule has 0 bridgehead atoms. The summed E-state index contributed by atoms with van der Waals surface area (Å²) in [5.74, 6) is 0. The quantitative estimate of drug-likeness (QED) is 0.693. The standard InChI is InChI=1S/C11H11N3O/c1-8-4-3-5-9(6-8)11-10(7-15)12-13-14(11)2/h3-7H,1-2H3. The van der Waals surface area contributed by atoms with Gasteiger partial charge in [-0.15, -0.1) is 5.10 Å². The van der Waals surface area contributed by atoms with Crippen molar-refractivity contribution in [2.75, 3.05) is 0 Å². The van der Waals surface area contributed by atoms with Gasteiger partial charge in [-0.2, -0.15) is 0 Å². The maximum absolute atomic E-state index is 10.8. The number of benzene rings is 1. The van der Waals surface area contributed by atoms with E-state index in [0.717, 1.165) is 23.1 Å². The molecule has 2 rings (SSSR count). The molecule has 4 heteroatoms. The lowest BCUT2D eigenvalue weighted by molar-refractivity contribution is 0.111. The van der Waals surface area contributed by atoms with Gasteiger partial charge in [-0.25, -0.2) is 4.68 Å². The molecule has 0 aliphatic heterocycles. The fraction of sp³-hybridized carbons (Fsp3) is 0.182. The molecule has 0 unspecified atom stereocenters. The van der Waals surface area contributed by atoms with Crippen LogP contribution in [0.25, 0.3) is 11.3 Å². The highest BCUT2D eigenvalue weighted by Crippen LogP contribution is 2.21. The number of rotatable bonds is 2. The Morgan fingerprint density at radius 3 is 2.87 bits per heavy atom. The Bertz CT molecular complexity index is 502. The predicted molar refractivity (Wildman–Crippen MR) is 56.6 cm³/mol. The van der Waals surface area contributed by atoms with Crippen molar-refractivity contribution in [1.29, 1.82) is 0 Å². The second-order valence-corrected chi connectivity index (χ2v) is 3.43. The van der Waals surface area contributed by atoms with Crippen LogP contribution in [0.1, 0.15) is 16.1 Å². The topological polar surface area (TPSA) is 47.8 Å². The van der Waals surface area contributed by atoms with Crippen LogP contribution >= 0.6 is 0 Å². The monoisotopic (exact) mass is 201 g/mol. The average Bonchev–Trinajstić information content (AvgIpc) is 2.59. The highest BCUT2D eigenvalue weighted by atomic mass is 16.1. The van der Waals surface area contributed by atoms with Crippen LogP contribution in [0.5, 0.6) is 0 Å². The number of hydrogen-bond donors (Lipinski definition) is 0. The summed E-state index contributed by atoms with van der Waals surface area (Å²) in [6.07, 6.45) is 0.727. The van der Waals surface area contributed by atoms with Gasteiger partial charge in [0.25, 0.3) is 0 Å². The van der Waals surface area contributed by atoms with Gasteiger partial charge >= 0.3 is 0 Å². The van der Waals surface area contributed by atoms with Crippen LogP contribution in [0.4, 0.5) is 0 Å². The van der Waals surface area contributed by atoms with Crippen molar-refractivity contribution in [1.82, 2.24) is 15.0 Å². The Balaban J connectivity index is 2.62. The van der Waals surface area contributed by atoms with Gasteiger partial charge in [0.15, 0.2) is 12.0 Å². The minimum absolute atomic E-state index is 0.378. The Labute approximate surface area is 87.5 Å². The SMILES string of the molecule is Cc1cccc(-c2c(C=O)nnn2C)c1. The molecular formula is C11H11N3O. The zero-order valence-corrected chi connectivity index (χ0v) is 8.64. The first kappa shape index (κ1) is 9.58. The Kier molecular flexibility index (Phi) is 2.33. The molecule has 1 aromatic carbocycles. The van der Waals surface area contributed by atoms with E-state index in [0.29, 0.717) is 5.69 Å². The van der Waals surface area contributed by atoms with Gasteiger partial charge in [0.05, 0.1) is 5.69 Å². The molecule has 15 heavy (non-hydrogen) atoms. The van der Waals surface area contributed by atoms with Crippen molar-refractivity contribution < 1.29 is 4.79 Å². The highest BCUT2D eigenvalue weighted by Gasteiger charge is 2.11. The van der Waals surface area contributed by atoms with E-state index in [1.165, 1.54) is 0 Å². The Morgan fingerprint density at radius 1 is 1.40 bits per heavy atom. The van der Waals surface area contributed by atoms with Crippen molar-refractivity contribution >= 4 is 6.29 Å². The largest absolute Gasteiger partial charge is 0.296 e. The number of nitrogens with zero attached hydrogens (tertiary/aromatic N) is 3. The normalized spacial score (nSPS) is 10.3. The summed E-state index contributed by atoms with van der Waals surface area (Å²) < 4.78 is 1.61. The van der Waals surface area contributed by atoms with Gasteiger partial charge < -0.3 is 0 Å². The zero-order valence-electron chi connectivity index (χ0n) is 8.64. The maximum Gasteiger partial charge on any atom is 0.172 e. The summed E-state index contributed by atoms with van der Waals surface area (Å²) in [6.45, 7) is 2.01. The van der Waals surface area contributed by atoms with Gasteiger partial charge in [0, 0.05) is 12.6 Å². The molecular weight excluding hydrogens is 190 g/mol. The van der Waals surface area contributed by atoms with Crippen LogP contribution in [0, 0.1) is 6.92 Å². The van der Waals surface area contributed by atoms with E-state index in [1.807, 2.05) is 31.2 Å². The molecule has 76 valence electrons. The molecule has 0 atom stereocenters. The zero-order chi connectivity index (χ0) is 10.8. The van der Waals surface area contributed by atoms with E-state index in [2.05, 4.69) is 10.3 Å². The molecule has 0 fully saturated rings. The molecule has 4 nitrogen and oxygen atoms in total. The first-order valence-electron chi connectivity index (χ1n) is 4.64. The molecule has 0 N–H and O–H groups in total. The van der Waals surface area contributed by atoms with Gasteiger partial charge in [0.2, 0.25) is 0 Å². The lowest BCUT2D eigenvalue weighted by atomic mass is 10.1. The molecule has 0 saturated carbocycles. The molecule has 0 aliphatic carbocycles. The minimum Gasteiger partial charge on any atom is -0.296 e. The second kappa shape index (κ2) is 3.65. The van der Waals surface area contributed by atoms with Gasteiger partial charge in [-0.1, -0.05) is 29.0 Å².